The van der Waals surface area contributed by atoms with Crippen molar-refractivity contribution in [1.29, 1.82) is 0 Å². The first-order chi connectivity index (χ1) is 15.5. The Hall–Kier alpha value is -3.84. The van der Waals surface area contributed by atoms with Crippen molar-refractivity contribution in [3.05, 3.63) is 89.5 Å². The number of carbonyl (C=O) groups excluding carboxylic acids is 2. The van der Waals surface area contributed by atoms with Crippen molar-refractivity contribution in [2.24, 2.45) is 0 Å². The zero-order chi connectivity index (χ0) is 22.7. The van der Waals surface area contributed by atoms with Crippen molar-refractivity contribution in [2.75, 3.05) is 17.3 Å². The van der Waals surface area contributed by atoms with Gasteiger partial charge in [-0.3, -0.25) is 9.69 Å². The third-order valence-electron chi connectivity index (χ3n) is 5.60. The summed E-state index contributed by atoms with van der Waals surface area (Å²) in [5.41, 5.74) is 0.789. The van der Waals surface area contributed by atoms with Crippen molar-refractivity contribution in [3.8, 4) is 5.75 Å². The molecule has 3 amide bonds. The summed E-state index contributed by atoms with van der Waals surface area (Å²) in [6, 6.07) is 20.6. The zero-order valence-corrected chi connectivity index (χ0v) is 18.0. The summed E-state index contributed by atoms with van der Waals surface area (Å²) in [6.45, 7) is 2.21. The first-order valence-corrected chi connectivity index (χ1v) is 10.4. The summed E-state index contributed by atoms with van der Waals surface area (Å²) in [7, 11) is 1.58. The summed E-state index contributed by atoms with van der Waals surface area (Å²) in [4.78, 5) is 27.6. The van der Waals surface area contributed by atoms with E-state index in [-0.39, 0.29) is 6.54 Å². The minimum Gasteiger partial charge on any atom is -0.497 e. The SMILES string of the molecule is CCc1ccc(N2C(=O)Nc3ccccc3[C@]2(O)C(=O)NCc2ccc(OC)cc2)cc1. The number of carbonyl (C=O) groups is 2. The molecule has 3 aromatic carbocycles. The molecule has 0 unspecified atom stereocenters. The van der Waals surface area contributed by atoms with Gasteiger partial charge in [-0.15, -0.1) is 0 Å². The van der Waals surface area contributed by atoms with Crippen LogP contribution in [-0.4, -0.2) is 24.2 Å². The molecule has 3 aromatic rings. The highest BCUT2D eigenvalue weighted by Crippen LogP contribution is 2.39. The molecule has 0 bridgehead atoms. The van der Waals surface area contributed by atoms with Gasteiger partial charge in [0.05, 0.1) is 12.8 Å². The number of nitrogens with zero attached hydrogens (tertiary/aromatic N) is 1. The van der Waals surface area contributed by atoms with Gasteiger partial charge < -0.3 is 20.5 Å². The van der Waals surface area contributed by atoms with Crippen LogP contribution in [0, 0.1) is 0 Å². The van der Waals surface area contributed by atoms with Crippen LogP contribution in [0.25, 0.3) is 0 Å². The predicted octanol–water partition coefficient (Wildman–Crippen LogP) is 3.77. The van der Waals surface area contributed by atoms with Gasteiger partial charge in [-0.1, -0.05) is 49.4 Å². The Balaban J connectivity index is 1.70. The molecule has 0 spiro atoms. The number of fused-ring (bicyclic) bond motifs is 1. The van der Waals surface area contributed by atoms with E-state index < -0.39 is 17.7 Å². The monoisotopic (exact) mass is 431 g/mol. The second-order valence-electron chi connectivity index (χ2n) is 7.53. The van der Waals surface area contributed by atoms with Crippen molar-refractivity contribution in [3.63, 3.8) is 0 Å². The van der Waals surface area contributed by atoms with Gasteiger partial charge >= 0.3 is 6.03 Å². The number of benzene rings is 3. The number of methoxy groups -OCH3 is 1. The van der Waals surface area contributed by atoms with Crippen LogP contribution in [0.3, 0.4) is 0 Å². The molecular weight excluding hydrogens is 406 g/mol. The largest absolute Gasteiger partial charge is 0.497 e. The van der Waals surface area contributed by atoms with E-state index in [0.29, 0.717) is 22.7 Å². The number of nitrogens with one attached hydrogen (secondary N) is 2. The summed E-state index contributed by atoms with van der Waals surface area (Å²) in [6.07, 6.45) is 0.835. The number of aliphatic hydroxyl groups is 1. The van der Waals surface area contributed by atoms with Crippen molar-refractivity contribution >= 4 is 23.3 Å². The number of hydrogen-bond acceptors (Lipinski definition) is 4. The summed E-state index contributed by atoms with van der Waals surface area (Å²) < 4.78 is 5.16. The fourth-order valence-electron chi connectivity index (χ4n) is 3.79. The molecule has 1 atom stereocenters. The van der Waals surface area contributed by atoms with Gasteiger partial charge in [0.15, 0.2) is 0 Å². The quantitative estimate of drug-likeness (QED) is 0.554. The zero-order valence-electron chi connectivity index (χ0n) is 18.0. The molecule has 7 heteroatoms. The van der Waals surface area contributed by atoms with Gasteiger partial charge in [-0.25, -0.2) is 4.79 Å². The topological polar surface area (TPSA) is 90.9 Å². The Kier molecular flexibility index (Phi) is 5.83. The fourth-order valence-corrected chi connectivity index (χ4v) is 3.79. The number of anilines is 2. The smallest absolute Gasteiger partial charge is 0.329 e. The summed E-state index contributed by atoms with van der Waals surface area (Å²) >= 11 is 0. The van der Waals surface area contributed by atoms with Crippen molar-refractivity contribution in [1.82, 2.24) is 5.32 Å². The molecule has 0 saturated carbocycles. The van der Waals surface area contributed by atoms with E-state index in [2.05, 4.69) is 10.6 Å². The molecule has 0 radical (unpaired) electrons. The number of amides is 3. The highest BCUT2D eigenvalue weighted by molar-refractivity contribution is 6.11. The van der Waals surface area contributed by atoms with Crippen LogP contribution >= 0.6 is 0 Å². The maximum absolute atomic E-state index is 13.4. The third kappa shape index (κ3) is 3.78. The molecule has 0 aromatic heterocycles. The Labute approximate surface area is 186 Å². The second-order valence-corrected chi connectivity index (χ2v) is 7.53. The van der Waals surface area contributed by atoms with Gasteiger partial charge in [0.1, 0.15) is 5.75 Å². The number of rotatable bonds is 6. The van der Waals surface area contributed by atoms with Gasteiger partial charge in [0, 0.05) is 17.8 Å². The Morgan fingerprint density at radius 3 is 2.34 bits per heavy atom. The lowest BCUT2D eigenvalue weighted by molar-refractivity contribution is -0.140. The third-order valence-corrected chi connectivity index (χ3v) is 5.60. The van der Waals surface area contributed by atoms with Crippen LogP contribution in [0.5, 0.6) is 5.75 Å². The van der Waals surface area contributed by atoms with E-state index in [1.807, 2.05) is 31.2 Å². The second kappa shape index (κ2) is 8.72. The number of aryl methyl sites for hydroxylation is 1. The first kappa shape index (κ1) is 21.4. The molecule has 1 aliphatic heterocycles. The van der Waals surface area contributed by atoms with E-state index in [4.69, 9.17) is 4.74 Å². The number of ether oxygens (including phenoxy) is 1. The molecule has 32 heavy (non-hydrogen) atoms. The van der Waals surface area contributed by atoms with E-state index in [1.54, 1.807) is 55.6 Å². The van der Waals surface area contributed by atoms with Gasteiger partial charge in [0.2, 0.25) is 0 Å². The lowest BCUT2D eigenvalue weighted by Gasteiger charge is -2.42. The molecule has 1 aliphatic rings. The van der Waals surface area contributed by atoms with E-state index in [0.717, 1.165) is 22.4 Å². The van der Waals surface area contributed by atoms with E-state index >= 15 is 0 Å². The minimum atomic E-state index is -2.22. The van der Waals surface area contributed by atoms with Crippen LogP contribution in [0.1, 0.15) is 23.6 Å². The fraction of sp³-hybridized carbons (Fsp3) is 0.200. The standard InChI is InChI=1S/C25H25N3O4/c1-3-17-8-12-19(13-9-17)28-24(30)27-22-7-5-4-6-21(22)25(28,31)23(29)26-16-18-10-14-20(32-2)15-11-18/h4-15,31H,3,16H2,1-2H3,(H,26,29)(H,27,30)/t25-/m0/s1. The molecule has 3 N–H and O–H groups in total. The lowest BCUT2D eigenvalue weighted by Crippen LogP contribution is -2.62. The molecule has 0 saturated heterocycles. The van der Waals surface area contributed by atoms with Crippen LogP contribution in [0.15, 0.2) is 72.8 Å². The Bertz CT molecular complexity index is 1130. The van der Waals surface area contributed by atoms with Crippen LogP contribution in [-0.2, 0) is 23.5 Å². The molecule has 164 valence electrons. The highest BCUT2D eigenvalue weighted by Gasteiger charge is 2.51. The summed E-state index contributed by atoms with van der Waals surface area (Å²) in [5.74, 6) is 0.00784. The number of hydrogen-bond donors (Lipinski definition) is 3. The van der Waals surface area contributed by atoms with Crippen LogP contribution < -0.4 is 20.3 Å². The van der Waals surface area contributed by atoms with E-state index in [1.165, 1.54) is 0 Å². The van der Waals surface area contributed by atoms with Gasteiger partial charge in [0.25, 0.3) is 11.6 Å². The number of para-hydroxylation sites is 1. The average molecular weight is 431 g/mol. The maximum atomic E-state index is 13.4. The maximum Gasteiger partial charge on any atom is 0.329 e. The Morgan fingerprint density at radius 2 is 1.69 bits per heavy atom. The number of urea groups is 1. The molecule has 0 aliphatic carbocycles. The molecule has 0 fully saturated rings. The molecule has 4 rings (SSSR count). The van der Waals surface area contributed by atoms with Crippen LogP contribution in [0.2, 0.25) is 0 Å². The molecule has 7 nitrogen and oxygen atoms in total. The Morgan fingerprint density at radius 1 is 1.03 bits per heavy atom. The first-order valence-electron chi connectivity index (χ1n) is 10.4. The predicted molar refractivity (Wildman–Crippen MR) is 122 cm³/mol. The normalized spacial score (nSPS) is 17.3. The average Bonchev–Trinajstić information content (AvgIpc) is 2.83. The minimum absolute atomic E-state index is 0.178. The van der Waals surface area contributed by atoms with E-state index in [9.17, 15) is 14.7 Å². The molecular formula is C25H25N3O4. The van der Waals surface area contributed by atoms with Gasteiger partial charge in [-0.2, -0.15) is 0 Å². The lowest BCUT2D eigenvalue weighted by atomic mass is 9.94. The van der Waals surface area contributed by atoms with Crippen molar-refractivity contribution < 1.29 is 19.4 Å². The van der Waals surface area contributed by atoms with Crippen LogP contribution in [0.4, 0.5) is 16.2 Å². The van der Waals surface area contributed by atoms with Crippen molar-refractivity contribution in [2.45, 2.75) is 25.6 Å². The summed E-state index contributed by atoms with van der Waals surface area (Å²) in [5, 5.41) is 17.3. The molecule has 1 heterocycles. The highest BCUT2D eigenvalue weighted by atomic mass is 16.5. The van der Waals surface area contributed by atoms with Gasteiger partial charge in [-0.05, 0) is 47.9 Å².